The average Bonchev–Trinajstić information content (AvgIpc) is 3.48. The van der Waals surface area contributed by atoms with Crippen molar-refractivity contribution in [1.29, 1.82) is 0 Å². The van der Waals surface area contributed by atoms with E-state index in [1.807, 2.05) is 29.8 Å². The zero-order chi connectivity index (χ0) is 22.8. The summed E-state index contributed by atoms with van der Waals surface area (Å²) < 4.78 is 1.97. The molecule has 8 heteroatoms. The van der Waals surface area contributed by atoms with Crippen LogP contribution in [0.1, 0.15) is 37.1 Å². The molecule has 2 saturated heterocycles. The Labute approximate surface area is 195 Å². The summed E-state index contributed by atoms with van der Waals surface area (Å²) in [5.41, 5.74) is 3.81. The zero-order valence-electron chi connectivity index (χ0n) is 19.6. The second-order valence-electron chi connectivity index (χ2n) is 9.29. The molecular weight excluding hydrogens is 414 g/mol. The van der Waals surface area contributed by atoms with E-state index in [1.165, 1.54) is 12.8 Å². The van der Waals surface area contributed by atoms with Gasteiger partial charge in [-0.25, -0.2) is 4.68 Å². The van der Waals surface area contributed by atoms with E-state index in [9.17, 15) is 4.79 Å². The molecule has 4 heterocycles. The Morgan fingerprint density at radius 1 is 1.06 bits per heavy atom. The first-order valence-corrected chi connectivity index (χ1v) is 12.1. The van der Waals surface area contributed by atoms with Gasteiger partial charge in [0, 0.05) is 26.2 Å². The molecule has 2 aromatic heterocycles. The number of piperidine rings is 1. The summed E-state index contributed by atoms with van der Waals surface area (Å²) in [5, 5.41) is 18.2. The van der Waals surface area contributed by atoms with Crippen molar-refractivity contribution < 1.29 is 4.79 Å². The predicted octanol–water partition coefficient (Wildman–Crippen LogP) is 2.86. The SMILES string of the molecule is Cc1nnc(N2CCCC(C(=O)NCCN3CCCC3)C2)c2nn(-c3ccccc3)c(C)c12. The summed E-state index contributed by atoms with van der Waals surface area (Å²) >= 11 is 0. The highest BCUT2D eigenvalue weighted by atomic mass is 16.1. The lowest BCUT2D eigenvalue weighted by Gasteiger charge is -2.32. The smallest absolute Gasteiger partial charge is 0.224 e. The van der Waals surface area contributed by atoms with Gasteiger partial charge in [-0.05, 0) is 64.8 Å². The quantitative estimate of drug-likeness (QED) is 0.626. The van der Waals surface area contributed by atoms with Crippen molar-refractivity contribution in [1.82, 2.24) is 30.2 Å². The number of amides is 1. The monoisotopic (exact) mass is 447 g/mol. The van der Waals surface area contributed by atoms with Crippen LogP contribution in [0.25, 0.3) is 16.6 Å². The van der Waals surface area contributed by atoms with Crippen molar-refractivity contribution in [3.8, 4) is 5.69 Å². The van der Waals surface area contributed by atoms with Gasteiger partial charge >= 0.3 is 0 Å². The highest BCUT2D eigenvalue weighted by molar-refractivity contribution is 5.92. The van der Waals surface area contributed by atoms with E-state index in [4.69, 9.17) is 5.10 Å². The van der Waals surface area contributed by atoms with Crippen LogP contribution in [-0.2, 0) is 4.79 Å². The average molecular weight is 448 g/mol. The molecule has 1 N–H and O–H groups in total. The minimum atomic E-state index is -0.0345. The van der Waals surface area contributed by atoms with Crippen LogP contribution < -0.4 is 10.2 Å². The van der Waals surface area contributed by atoms with E-state index in [0.717, 1.165) is 79.4 Å². The highest BCUT2D eigenvalue weighted by Gasteiger charge is 2.29. The van der Waals surface area contributed by atoms with Crippen LogP contribution in [0.2, 0.25) is 0 Å². The fourth-order valence-corrected chi connectivity index (χ4v) is 5.22. The maximum Gasteiger partial charge on any atom is 0.224 e. The van der Waals surface area contributed by atoms with Crippen LogP contribution >= 0.6 is 0 Å². The van der Waals surface area contributed by atoms with Gasteiger partial charge in [-0.2, -0.15) is 10.2 Å². The Kier molecular flexibility index (Phi) is 6.26. The van der Waals surface area contributed by atoms with E-state index in [-0.39, 0.29) is 11.8 Å². The van der Waals surface area contributed by atoms with E-state index >= 15 is 0 Å². The molecule has 0 bridgehead atoms. The van der Waals surface area contributed by atoms with E-state index in [0.29, 0.717) is 6.54 Å². The van der Waals surface area contributed by atoms with Crippen LogP contribution in [0.5, 0.6) is 0 Å². The third-order valence-corrected chi connectivity index (χ3v) is 7.00. The molecule has 0 spiro atoms. The number of carbonyl (C=O) groups is 1. The van der Waals surface area contributed by atoms with Crippen LogP contribution in [-0.4, -0.2) is 70.1 Å². The molecule has 33 heavy (non-hydrogen) atoms. The minimum Gasteiger partial charge on any atom is -0.355 e. The van der Waals surface area contributed by atoms with Gasteiger partial charge in [-0.3, -0.25) is 4.79 Å². The molecule has 1 unspecified atom stereocenters. The molecule has 1 atom stereocenters. The fraction of sp³-hybridized carbons (Fsp3) is 0.520. The van der Waals surface area contributed by atoms with Crippen LogP contribution in [0.3, 0.4) is 0 Å². The predicted molar refractivity (Wildman–Crippen MR) is 130 cm³/mol. The maximum absolute atomic E-state index is 12.9. The number of rotatable bonds is 6. The summed E-state index contributed by atoms with van der Waals surface area (Å²) in [6, 6.07) is 10.1. The van der Waals surface area contributed by atoms with Crippen LogP contribution in [0.4, 0.5) is 5.82 Å². The van der Waals surface area contributed by atoms with Crippen molar-refractivity contribution >= 4 is 22.6 Å². The highest BCUT2D eigenvalue weighted by Crippen LogP contribution is 2.31. The Balaban J connectivity index is 1.35. The summed E-state index contributed by atoms with van der Waals surface area (Å²) in [7, 11) is 0. The second-order valence-corrected chi connectivity index (χ2v) is 9.29. The number of likely N-dealkylation sites (tertiary alicyclic amines) is 1. The lowest BCUT2D eigenvalue weighted by atomic mass is 9.97. The number of para-hydroxylation sites is 1. The van der Waals surface area contributed by atoms with Crippen molar-refractivity contribution in [2.45, 2.75) is 39.5 Å². The first-order valence-electron chi connectivity index (χ1n) is 12.1. The molecule has 5 rings (SSSR count). The van der Waals surface area contributed by atoms with Gasteiger partial charge < -0.3 is 15.1 Å². The minimum absolute atomic E-state index is 0.0345. The molecule has 2 fully saturated rings. The topological polar surface area (TPSA) is 79.2 Å². The zero-order valence-corrected chi connectivity index (χ0v) is 19.6. The lowest BCUT2D eigenvalue weighted by molar-refractivity contribution is -0.125. The van der Waals surface area contributed by atoms with E-state index in [2.05, 4.69) is 44.4 Å². The van der Waals surface area contributed by atoms with Gasteiger partial charge in [0.2, 0.25) is 5.91 Å². The molecule has 1 aromatic carbocycles. The van der Waals surface area contributed by atoms with Crippen molar-refractivity contribution in [2.24, 2.45) is 5.92 Å². The Morgan fingerprint density at radius 2 is 1.85 bits per heavy atom. The molecule has 8 nitrogen and oxygen atoms in total. The molecule has 2 aliphatic rings. The number of carbonyl (C=O) groups excluding carboxylic acids is 1. The Bertz CT molecular complexity index is 1120. The second kappa shape index (κ2) is 9.47. The van der Waals surface area contributed by atoms with Gasteiger partial charge in [0.1, 0.15) is 5.52 Å². The van der Waals surface area contributed by atoms with E-state index in [1.54, 1.807) is 0 Å². The van der Waals surface area contributed by atoms with Crippen LogP contribution in [0, 0.1) is 19.8 Å². The number of nitrogens with zero attached hydrogens (tertiary/aromatic N) is 6. The number of aryl methyl sites for hydroxylation is 2. The van der Waals surface area contributed by atoms with Crippen molar-refractivity contribution in [3.05, 3.63) is 41.7 Å². The molecule has 174 valence electrons. The van der Waals surface area contributed by atoms with Gasteiger partial charge in [-0.15, -0.1) is 5.10 Å². The molecule has 1 amide bonds. The third kappa shape index (κ3) is 4.44. The standard InChI is InChI=1S/C25H33N7O/c1-18-22-19(2)32(21-10-4-3-5-11-21)29-23(22)24(28-27-18)31-15-8-9-20(17-31)25(33)26-12-16-30-13-6-7-14-30/h3-5,10-11,20H,6-9,12-17H2,1-2H3,(H,26,33). The first-order chi connectivity index (χ1) is 16.1. The number of fused-ring (bicyclic) bond motifs is 1. The lowest BCUT2D eigenvalue weighted by Crippen LogP contribution is -2.45. The molecule has 0 aliphatic carbocycles. The number of hydrogen-bond donors (Lipinski definition) is 1. The molecular formula is C25H33N7O. The van der Waals surface area contributed by atoms with Gasteiger partial charge in [0.15, 0.2) is 5.82 Å². The number of anilines is 1. The Morgan fingerprint density at radius 3 is 2.64 bits per heavy atom. The summed E-state index contributed by atoms with van der Waals surface area (Å²) in [4.78, 5) is 17.5. The Hall–Kier alpha value is -3.00. The summed E-state index contributed by atoms with van der Waals surface area (Å²) in [6.45, 7) is 9.56. The van der Waals surface area contributed by atoms with E-state index < -0.39 is 0 Å². The molecule has 0 saturated carbocycles. The molecule has 0 radical (unpaired) electrons. The first kappa shape index (κ1) is 21.8. The number of aromatic nitrogens is 4. The summed E-state index contributed by atoms with van der Waals surface area (Å²) in [5.74, 6) is 0.900. The molecule has 3 aromatic rings. The van der Waals surface area contributed by atoms with Crippen LogP contribution in [0.15, 0.2) is 30.3 Å². The fourth-order valence-electron chi connectivity index (χ4n) is 5.22. The number of benzene rings is 1. The largest absolute Gasteiger partial charge is 0.355 e. The third-order valence-electron chi connectivity index (χ3n) is 7.00. The van der Waals surface area contributed by atoms with Gasteiger partial charge in [-0.1, -0.05) is 18.2 Å². The number of hydrogen-bond acceptors (Lipinski definition) is 6. The van der Waals surface area contributed by atoms with Gasteiger partial charge in [0.05, 0.1) is 28.4 Å². The maximum atomic E-state index is 12.9. The summed E-state index contributed by atoms with van der Waals surface area (Å²) in [6.07, 6.45) is 4.42. The molecule has 2 aliphatic heterocycles. The normalized spacial score (nSPS) is 19.3. The number of nitrogens with one attached hydrogen (secondary N) is 1. The van der Waals surface area contributed by atoms with Crippen molar-refractivity contribution in [2.75, 3.05) is 44.2 Å². The van der Waals surface area contributed by atoms with Crippen molar-refractivity contribution in [3.63, 3.8) is 0 Å². The van der Waals surface area contributed by atoms with Gasteiger partial charge in [0.25, 0.3) is 0 Å².